The third kappa shape index (κ3) is 3.82. The molecular formula is C18H19N5O4. The lowest BCUT2D eigenvalue weighted by Gasteiger charge is -2.21. The predicted molar refractivity (Wildman–Crippen MR) is 93.5 cm³/mol. The molecule has 2 aromatic heterocycles. The second-order valence-corrected chi connectivity index (χ2v) is 6.23. The van der Waals surface area contributed by atoms with E-state index in [2.05, 4.69) is 15.2 Å². The summed E-state index contributed by atoms with van der Waals surface area (Å²) in [7, 11) is 1.75. The van der Waals surface area contributed by atoms with E-state index < -0.39 is 0 Å². The minimum Gasteiger partial charge on any atom is -0.486 e. The molecule has 0 spiro atoms. The van der Waals surface area contributed by atoms with Crippen LogP contribution in [0.3, 0.4) is 0 Å². The molecule has 27 heavy (non-hydrogen) atoms. The smallest absolute Gasteiger partial charge is 0.276 e. The largest absolute Gasteiger partial charge is 0.486 e. The predicted octanol–water partition coefficient (Wildman–Crippen LogP) is 1.70. The number of hydrogen-bond donors (Lipinski definition) is 0. The first kappa shape index (κ1) is 17.2. The number of likely N-dealkylation sites (N-methyl/N-ethyl adjacent to an activating group) is 1. The molecule has 0 radical (unpaired) electrons. The van der Waals surface area contributed by atoms with Crippen molar-refractivity contribution in [2.75, 3.05) is 20.3 Å². The molecule has 1 amide bonds. The van der Waals surface area contributed by atoms with E-state index in [4.69, 9.17) is 14.0 Å². The number of carbonyl (C=O) groups excluding carboxylic acids is 1. The minimum absolute atomic E-state index is 0.0809. The van der Waals surface area contributed by atoms with Gasteiger partial charge in [-0.15, -0.1) is 0 Å². The monoisotopic (exact) mass is 369 g/mol. The molecule has 0 saturated carbocycles. The van der Waals surface area contributed by atoms with Gasteiger partial charge in [0.2, 0.25) is 0 Å². The van der Waals surface area contributed by atoms with Gasteiger partial charge in [0, 0.05) is 19.7 Å². The molecule has 9 heteroatoms. The van der Waals surface area contributed by atoms with Gasteiger partial charge in [0.25, 0.3) is 5.91 Å². The maximum absolute atomic E-state index is 12.5. The quantitative estimate of drug-likeness (QED) is 0.652. The first-order valence-electron chi connectivity index (χ1n) is 8.59. The average molecular weight is 369 g/mol. The maximum Gasteiger partial charge on any atom is 0.276 e. The van der Waals surface area contributed by atoms with E-state index in [1.54, 1.807) is 29.0 Å². The van der Waals surface area contributed by atoms with Crippen molar-refractivity contribution in [3.63, 3.8) is 0 Å². The first-order valence-corrected chi connectivity index (χ1v) is 8.59. The van der Waals surface area contributed by atoms with Gasteiger partial charge in [0.05, 0.1) is 18.3 Å². The summed E-state index contributed by atoms with van der Waals surface area (Å²) in [5.41, 5.74) is 1.15. The molecule has 0 aliphatic carbocycles. The van der Waals surface area contributed by atoms with Gasteiger partial charge in [-0.3, -0.25) is 4.79 Å². The lowest BCUT2D eigenvalue weighted by molar-refractivity contribution is 0.0700. The molecule has 1 aromatic carbocycles. The Labute approximate surface area is 155 Å². The maximum atomic E-state index is 12.5. The Hall–Kier alpha value is -3.20. The Morgan fingerprint density at radius 1 is 1.37 bits per heavy atom. The molecule has 4 rings (SSSR count). The molecule has 1 saturated heterocycles. The topological polar surface area (TPSA) is 95.5 Å². The Morgan fingerprint density at radius 2 is 2.22 bits per heavy atom. The number of benzene rings is 1. The number of ether oxygens (including phenoxy) is 2. The summed E-state index contributed by atoms with van der Waals surface area (Å²) in [5.74, 6) is 0.968. The lowest BCUT2D eigenvalue weighted by atomic mass is 10.2. The fourth-order valence-corrected chi connectivity index (χ4v) is 2.85. The van der Waals surface area contributed by atoms with Crippen LogP contribution in [0.5, 0.6) is 5.75 Å². The number of amides is 1. The average Bonchev–Trinajstić information content (AvgIpc) is 3.48. The zero-order chi connectivity index (χ0) is 18.6. The van der Waals surface area contributed by atoms with Gasteiger partial charge in [-0.1, -0.05) is 5.16 Å². The van der Waals surface area contributed by atoms with Crippen LogP contribution in [0.4, 0.5) is 0 Å². The molecule has 9 nitrogen and oxygen atoms in total. The second-order valence-electron chi connectivity index (χ2n) is 6.23. The number of hydrogen-bond acceptors (Lipinski definition) is 7. The summed E-state index contributed by atoms with van der Waals surface area (Å²) in [6.45, 7) is 1.41. The van der Waals surface area contributed by atoms with Crippen molar-refractivity contribution in [1.82, 2.24) is 24.8 Å². The molecule has 0 bridgehead atoms. The van der Waals surface area contributed by atoms with Crippen LogP contribution in [0.1, 0.15) is 22.7 Å². The van der Waals surface area contributed by atoms with Crippen molar-refractivity contribution in [1.29, 1.82) is 0 Å². The molecule has 1 fully saturated rings. The van der Waals surface area contributed by atoms with Crippen LogP contribution in [0.15, 0.2) is 47.5 Å². The number of rotatable bonds is 6. The van der Waals surface area contributed by atoms with Crippen molar-refractivity contribution in [3.05, 3.63) is 54.4 Å². The summed E-state index contributed by atoms with van der Waals surface area (Å²) < 4.78 is 17.9. The first-order chi connectivity index (χ1) is 13.2. The molecule has 1 atom stereocenters. The number of nitrogens with zero attached hydrogens (tertiary/aromatic N) is 5. The van der Waals surface area contributed by atoms with Crippen molar-refractivity contribution in [2.45, 2.75) is 19.1 Å². The summed E-state index contributed by atoms with van der Waals surface area (Å²) in [6, 6.07) is 9.09. The van der Waals surface area contributed by atoms with Crippen molar-refractivity contribution >= 4 is 5.91 Å². The van der Waals surface area contributed by atoms with Gasteiger partial charge in [0.1, 0.15) is 25.0 Å². The third-order valence-corrected chi connectivity index (χ3v) is 4.45. The van der Waals surface area contributed by atoms with E-state index in [1.807, 2.05) is 24.3 Å². The van der Waals surface area contributed by atoms with Gasteiger partial charge in [-0.25, -0.2) is 9.67 Å². The van der Waals surface area contributed by atoms with E-state index in [0.29, 0.717) is 24.7 Å². The van der Waals surface area contributed by atoms with Crippen LogP contribution in [-0.4, -0.2) is 57.0 Å². The Bertz CT molecular complexity index is 885. The van der Waals surface area contributed by atoms with E-state index >= 15 is 0 Å². The number of aromatic nitrogens is 4. The van der Waals surface area contributed by atoms with Crippen LogP contribution in [0.2, 0.25) is 0 Å². The summed E-state index contributed by atoms with van der Waals surface area (Å²) in [4.78, 5) is 18.0. The zero-order valence-corrected chi connectivity index (χ0v) is 14.8. The highest BCUT2D eigenvalue weighted by atomic mass is 16.5. The summed E-state index contributed by atoms with van der Waals surface area (Å²) in [5, 5.41) is 7.93. The van der Waals surface area contributed by atoms with Crippen molar-refractivity contribution in [3.8, 4) is 11.4 Å². The molecule has 1 aliphatic heterocycles. The highest BCUT2D eigenvalue weighted by Crippen LogP contribution is 2.18. The highest BCUT2D eigenvalue weighted by Gasteiger charge is 2.26. The van der Waals surface area contributed by atoms with E-state index in [0.717, 1.165) is 12.1 Å². The van der Waals surface area contributed by atoms with Gasteiger partial charge in [-0.2, -0.15) is 5.10 Å². The molecule has 0 unspecified atom stereocenters. The molecule has 3 aromatic rings. The van der Waals surface area contributed by atoms with Gasteiger partial charge >= 0.3 is 0 Å². The summed E-state index contributed by atoms with van der Waals surface area (Å²) in [6.07, 6.45) is 3.93. The van der Waals surface area contributed by atoms with Gasteiger partial charge in [0.15, 0.2) is 11.5 Å². The number of carbonyl (C=O) groups is 1. The van der Waals surface area contributed by atoms with Crippen LogP contribution in [0, 0.1) is 0 Å². The van der Waals surface area contributed by atoms with Crippen LogP contribution in [-0.2, 0) is 11.3 Å². The normalized spacial score (nSPS) is 16.4. The van der Waals surface area contributed by atoms with Gasteiger partial charge < -0.3 is 18.9 Å². The van der Waals surface area contributed by atoms with E-state index in [9.17, 15) is 4.79 Å². The van der Waals surface area contributed by atoms with Crippen molar-refractivity contribution in [2.24, 2.45) is 0 Å². The van der Waals surface area contributed by atoms with E-state index in [-0.39, 0.29) is 24.2 Å². The second kappa shape index (κ2) is 7.58. The summed E-state index contributed by atoms with van der Waals surface area (Å²) >= 11 is 0. The van der Waals surface area contributed by atoms with Crippen LogP contribution >= 0.6 is 0 Å². The molecule has 0 N–H and O–H groups in total. The Morgan fingerprint density at radius 3 is 2.93 bits per heavy atom. The highest BCUT2D eigenvalue weighted by molar-refractivity contribution is 5.92. The SMILES string of the molecule is CN(C(=O)c1cc(COc2ccc(-n3cncn3)cc2)on1)[C@@H]1CCOC1. The molecule has 140 valence electrons. The van der Waals surface area contributed by atoms with Crippen LogP contribution in [0.25, 0.3) is 5.69 Å². The fourth-order valence-electron chi connectivity index (χ4n) is 2.85. The molecule has 1 aliphatic rings. The third-order valence-electron chi connectivity index (χ3n) is 4.45. The van der Waals surface area contributed by atoms with Crippen molar-refractivity contribution < 1.29 is 18.8 Å². The Kier molecular flexibility index (Phi) is 4.84. The molecule has 3 heterocycles. The fraction of sp³-hybridized carbons (Fsp3) is 0.333. The Balaban J connectivity index is 1.34. The van der Waals surface area contributed by atoms with Gasteiger partial charge in [-0.05, 0) is 30.7 Å². The standard InChI is InChI=1S/C18H19N5O4/c1-22(14-6-7-25-9-14)18(24)17-8-16(27-21-17)10-26-15-4-2-13(3-5-15)23-12-19-11-20-23/h2-5,8,11-12,14H,6-7,9-10H2,1H3/t14-/m1/s1. The zero-order valence-electron chi connectivity index (χ0n) is 14.8. The molecular weight excluding hydrogens is 350 g/mol. The van der Waals surface area contributed by atoms with E-state index in [1.165, 1.54) is 6.33 Å². The minimum atomic E-state index is -0.183. The lowest BCUT2D eigenvalue weighted by Crippen LogP contribution is -2.37. The van der Waals surface area contributed by atoms with Crippen LogP contribution < -0.4 is 4.74 Å².